The van der Waals surface area contributed by atoms with Crippen LogP contribution in [-0.2, 0) is 0 Å². The van der Waals surface area contributed by atoms with Gasteiger partial charge in [-0.05, 0) is 49.9 Å². The average molecular weight is 390 g/mol. The summed E-state index contributed by atoms with van der Waals surface area (Å²) < 4.78 is 6.23. The molecule has 1 saturated carbocycles. The van der Waals surface area contributed by atoms with Crippen molar-refractivity contribution in [3.8, 4) is 5.75 Å². The molecule has 1 fully saturated rings. The van der Waals surface area contributed by atoms with E-state index in [-0.39, 0.29) is 12.2 Å². The molecule has 8 nitrogen and oxygen atoms in total. The van der Waals surface area contributed by atoms with Crippen molar-refractivity contribution in [1.29, 1.82) is 0 Å². The lowest BCUT2D eigenvalue weighted by Crippen LogP contribution is -2.27. The van der Waals surface area contributed by atoms with Gasteiger partial charge in [-0.15, -0.1) is 0 Å². The molecule has 148 valence electrons. The second kappa shape index (κ2) is 7.31. The summed E-state index contributed by atoms with van der Waals surface area (Å²) >= 11 is 0. The highest BCUT2D eigenvalue weighted by Crippen LogP contribution is 2.30. The third-order valence-corrected chi connectivity index (χ3v) is 5.40. The Morgan fingerprint density at radius 3 is 2.83 bits per heavy atom. The summed E-state index contributed by atoms with van der Waals surface area (Å²) in [6, 6.07) is 11.5. The molecule has 2 aromatic carbocycles. The number of nitrogens with two attached hydrogens (primary N) is 1. The Morgan fingerprint density at radius 1 is 1.10 bits per heavy atom. The number of para-hydroxylation sites is 1. The Labute approximate surface area is 167 Å². The van der Waals surface area contributed by atoms with Crippen molar-refractivity contribution in [3.05, 3.63) is 48.9 Å². The van der Waals surface area contributed by atoms with Crippen molar-refractivity contribution in [2.45, 2.75) is 37.9 Å². The first-order valence-corrected chi connectivity index (χ1v) is 9.76. The fraction of sp³-hybridized carbons (Fsp3) is 0.286. The number of H-pyrrole nitrogens is 1. The van der Waals surface area contributed by atoms with Gasteiger partial charge in [0.25, 0.3) is 0 Å². The lowest BCUT2D eigenvalue weighted by atomic mass is 9.95. The van der Waals surface area contributed by atoms with Crippen LogP contribution in [0.2, 0.25) is 0 Å². The number of rotatable bonds is 4. The van der Waals surface area contributed by atoms with E-state index in [0.717, 1.165) is 53.3 Å². The predicted octanol–water partition coefficient (Wildman–Crippen LogP) is 3.20. The zero-order valence-electron chi connectivity index (χ0n) is 15.8. The molecule has 4 N–H and O–H groups in total. The smallest absolute Gasteiger partial charge is 0.245 e. The lowest BCUT2D eigenvalue weighted by molar-refractivity contribution is 0.0672. The van der Waals surface area contributed by atoms with E-state index in [9.17, 15) is 5.11 Å². The van der Waals surface area contributed by atoms with Crippen LogP contribution >= 0.6 is 0 Å². The van der Waals surface area contributed by atoms with Gasteiger partial charge in [0.05, 0.1) is 35.3 Å². The average Bonchev–Trinajstić information content (AvgIpc) is 3.23. The van der Waals surface area contributed by atoms with Crippen molar-refractivity contribution in [2.75, 3.05) is 5.01 Å². The van der Waals surface area contributed by atoms with Gasteiger partial charge < -0.3 is 14.8 Å². The van der Waals surface area contributed by atoms with E-state index in [4.69, 9.17) is 10.6 Å². The molecule has 0 saturated heterocycles. The maximum atomic E-state index is 9.72. The van der Waals surface area contributed by atoms with Crippen LogP contribution in [0.15, 0.2) is 48.9 Å². The van der Waals surface area contributed by atoms with Crippen molar-refractivity contribution in [1.82, 2.24) is 19.9 Å². The number of hydrazine groups is 1. The summed E-state index contributed by atoms with van der Waals surface area (Å²) in [5, 5.41) is 12.1. The zero-order chi connectivity index (χ0) is 19.8. The van der Waals surface area contributed by atoms with E-state index < -0.39 is 0 Å². The second-order valence-electron chi connectivity index (χ2n) is 7.39. The van der Waals surface area contributed by atoms with Gasteiger partial charge in [-0.25, -0.2) is 25.8 Å². The molecule has 0 spiro atoms. The Balaban J connectivity index is 1.46. The molecule has 5 rings (SSSR count). The highest BCUT2D eigenvalue weighted by atomic mass is 16.5. The SMILES string of the molecule is NN(c1ccc2nc[nH]c2c1)c1ncc2cccc(O[C@H]3CC[C@@H](O)CC3)c2n1. The minimum absolute atomic E-state index is 0.0826. The molecular formula is C21H22N6O2. The first-order chi connectivity index (χ1) is 14.2. The number of imidazole rings is 1. The van der Waals surface area contributed by atoms with Crippen molar-refractivity contribution in [2.24, 2.45) is 5.84 Å². The number of hydrogen-bond donors (Lipinski definition) is 3. The summed E-state index contributed by atoms with van der Waals surface area (Å²) in [5.41, 5.74) is 3.24. The molecule has 4 aromatic rings. The molecule has 2 aromatic heterocycles. The van der Waals surface area contributed by atoms with Gasteiger partial charge in [0.1, 0.15) is 11.3 Å². The quantitative estimate of drug-likeness (QED) is 0.362. The summed E-state index contributed by atoms with van der Waals surface area (Å²) in [6.07, 6.45) is 6.48. The Bertz CT molecular complexity index is 1150. The molecule has 0 unspecified atom stereocenters. The summed E-state index contributed by atoms with van der Waals surface area (Å²) in [5.74, 6) is 7.42. The fourth-order valence-corrected chi connectivity index (χ4v) is 3.76. The molecule has 0 atom stereocenters. The molecule has 2 heterocycles. The number of fused-ring (bicyclic) bond motifs is 2. The monoisotopic (exact) mass is 390 g/mol. The van der Waals surface area contributed by atoms with E-state index in [1.807, 2.05) is 36.4 Å². The highest BCUT2D eigenvalue weighted by Gasteiger charge is 2.22. The van der Waals surface area contributed by atoms with Crippen molar-refractivity contribution >= 4 is 33.6 Å². The largest absolute Gasteiger partial charge is 0.488 e. The number of aromatic nitrogens is 4. The van der Waals surface area contributed by atoms with Gasteiger partial charge in [-0.2, -0.15) is 0 Å². The highest BCUT2D eigenvalue weighted by molar-refractivity contribution is 5.85. The maximum absolute atomic E-state index is 9.72. The molecule has 1 aliphatic carbocycles. The molecule has 0 amide bonds. The number of nitrogens with zero attached hydrogens (tertiary/aromatic N) is 4. The second-order valence-corrected chi connectivity index (χ2v) is 7.39. The van der Waals surface area contributed by atoms with Gasteiger partial charge in [0.2, 0.25) is 5.95 Å². The van der Waals surface area contributed by atoms with Crippen LogP contribution in [0.4, 0.5) is 11.6 Å². The van der Waals surface area contributed by atoms with E-state index in [0.29, 0.717) is 11.7 Å². The minimum Gasteiger partial charge on any atom is -0.488 e. The van der Waals surface area contributed by atoms with Crippen molar-refractivity contribution < 1.29 is 9.84 Å². The van der Waals surface area contributed by atoms with Crippen LogP contribution in [-0.4, -0.2) is 37.3 Å². The molecule has 29 heavy (non-hydrogen) atoms. The first kappa shape index (κ1) is 17.8. The summed E-state index contributed by atoms with van der Waals surface area (Å²) in [4.78, 5) is 16.4. The van der Waals surface area contributed by atoms with Crippen LogP contribution in [0.1, 0.15) is 25.7 Å². The van der Waals surface area contributed by atoms with Gasteiger partial charge in [0, 0.05) is 11.6 Å². The first-order valence-electron chi connectivity index (χ1n) is 9.76. The van der Waals surface area contributed by atoms with Crippen LogP contribution in [0.5, 0.6) is 5.75 Å². The van der Waals surface area contributed by atoms with Gasteiger partial charge in [-0.1, -0.05) is 12.1 Å². The molecule has 0 radical (unpaired) electrons. The number of anilines is 2. The number of aliphatic hydroxyl groups excluding tert-OH is 1. The Morgan fingerprint density at radius 2 is 1.97 bits per heavy atom. The standard InChI is InChI=1S/C21H22N6O2/c22-27(14-4-9-17-18(10-14)25-12-24-17)21-23-11-13-2-1-3-19(20(13)26-21)29-16-7-5-15(28)6-8-16/h1-4,9-12,15-16,28H,5-8,22H2,(H,24,25)/t15-,16+. The van der Waals surface area contributed by atoms with Crippen LogP contribution in [0.3, 0.4) is 0 Å². The molecule has 8 heteroatoms. The molecular weight excluding hydrogens is 368 g/mol. The number of aliphatic hydroxyl groups is 1. The number of benzene rings is 2. The fourth-order valence-electron chi connectivity index (χ4n) is 3.76. The number of aromatic amines is 1. The summed E-state index contributed by atoms with van der Waals surface area (Å²) in [7, 11) is 0. The van der Waals surface area contributed by atoms with Gasteiger partial charge >= 0.3 is 0 Å². The van der Waals surface area contributed by atoms with Crippen LogP contribution < -0.4 is 15.6 Å². The van der Waals surface area contributed by atoms with Crippen molar-refractivity contribution in [3.63, 3.8) is 0 Å². The zero-order valence-corrected chi connectivity index (χ0v) is 15.8. The number of hydrogen-bond acceptors (Lipinski definition) is 7. The molecule has 0 aliphatic heterocycles. The number of nitrogens with one attached hydrogen (secondary N) is 1. The normalized spacial score (nSPS) is 19.5. The molecule has 0 bridgehead atoms. The Kier molecular flexibility index (Phi) is 4.49. The van der Waals surface area contributed by atoms with E-state index in [1.165, 1.54) is 5.01 Å². The Hall–Kier alpha value is -3.23. The lowest BCUT2D eigenvalue weighted by Gasteiger charge is -2.26. The number of ether oxygens (including phenoxy) is 1. The minimum atomic E-state index is -0.214. The van der Waals surface area contributed by atoms with E-state index in [2.05, 4.69) is 19.9 Å². The molecule has 1 aliphatic rings. The third-order valence-electron chi connectivity index (χ3n) is 5.40. The predicted molar refractivity (Wildman–Crippen MR) is 111 cm³/mol. The van der Waals surface area contributed by atoms with Gasteiger partial charge in [0.15, 0.2) is 0 Å². The van der Waals surface area contributed by atoms with E-state index >= 15 is 0 Å². The van der Waals surface area contributed by atoms with Crippen LogP contribution in [0.25, 0.3) is 21.9 Å². The summed E-state index contributed by atoms with van der Waals surface area (Å²) in [6.45, 7) is 0. The maximum Gasteiger partial charge on any atom is 0.245 e. The van der Waals surface area contributed by atoms with E-state index in [1.54, 1.807) is 12.5 Å². The van der Waals surface area contributed by atoms with Crippen LogP contribution in [0, 0.1) is 0 Å². The van der Waals surface area contributed by atoms with Gasteiger partial charge in [-0.3, -0.25) is 0 Å². The third kappa shape index (κ3) is 3.48. The topological polar surface area (TPSA) is 113 Å².